The Morgan fingerprint density at radius 2 is 1.53 bits per heavy atom. The van der Waals surface area contributed by atoms with Crippen molar-refractivity contribution in [2.45, 2.75) is 59.0 Å². The highest BCUT2D eigenvalue weighted by atomic mass is 19.1. The maximum Gasteiger partial charge on any atom is 0.255 e. The van der Waals surface area contributed by atoms with Crippen molar-refractivity contribution in [3.63, 3.8) is 0 Å². The van der Waals surface area contributed by atoms with E-state index in [4.69, 9.17) is 0 Å². The van der Waals surface area contributed by atoms with Crippen LogP contribution in [-0.4, -0.2) is 39.1 Å². The van der Waals surface area contributed by atoms with Gasteiger partial charge in [-0.25, -0.2) is 4.39 Å². The molecular formula is C29H33FN2O4. The molecule has 2 atom stereocenters. The maximum atomic E-state index is 13.3. The molecular weight excluding hydrogens is 459 g/mol. The normalized spacial score (nSPS) is 13.8. The number of nitrogens with one attached hydrogen (secondary N) is 1. The minimum atomic E-state index is -1.87. The molecule has 3 N–H and O–H groups in total. The molecule has 2 amide bonds. The fraction of sp³-hybridized carbons (Fsp3) is 0.310. The molecule has 0 saturated carbocycles. The van der Waals surface area contributed by atoms with Crippen molar-refractivity contribution in [3.8, 4) is 11.1 Å². The lowest BCUT2D eigenvalue weighted by Gasteiger charge is -2.22. The van der Waals surface area contributed by atoms with E-state index in [0.29, 0.717) is 13.1 Å². The third-order valence-electron chi connectivity index (χ3n) is 5.89. The number of nitrogens with zero attached hydrogens (tertiary/aromatic N) is 1. The van der Waals surface area contributed by atoms with E-state index in [9.17, 15) is 24.2 Å². The summed E-state index contributed by atoms with van der Waals surface area (Å²) in [6, 6.07) is 19.5. The van der Waals surface area contributed by atoms with Gasteiger partial charge in [-0.3, -0.25) is 9.59 Å². The lowest BCUT2D eigenvalue weighted by atomic mass is 9.99. The van der Waals surface area contributed by atoms with Gasteiger partial charge in [0.15, 0.2) is 12.2 Å². The van der Waals surface area contributed by atoms with Gasteiger partial charge in [0.1, 0.15) is 5.82 Å². The van der Waals surface area contributed by atoms with Gasteiger partial charge in [0.2, 0.25) is 0 Å². The van der Waals surface area contributed by atoms with Crippen molar-refractivity contribution in [1.82, 2.24) is 10.2 Å². The van der Waals surface area contributed by atoms with Crippen molar-refractivity contribution in [2.24, 2.45) is 0 Å². The SMILES string of the molecule is CCC.Cc1cc(F)ccc1-c1ccc(CNC(=O)C(O)C(O)C(=O)N2Cc3ccccc3C2)cc1. The van der Waals surface area contributed by atoms with Crippen LogP contribution in [0.15, 0.2) is 66.7 Å². The summed E-state index contributed by atoms with van der Waals surface area (Å²) in [6.45, 7) is 6.87. The largest absolute Gasteiger partial charge is 0.380 e. The van der Waals surface area contributed by atoms with Gasteiger partial charge in [0.25, 0.3) is 11.8 Å². The molecule has 0 radical (unpaired) electrons. The Bertz CT molecular complexity index is 1170. The average Bonchev–Trinajstić information content (AvgIpc) is 3.31. The molecule has 0 bridgehead atoms. The van der Waals surface area contributed by atoms with Crippen molar-refractivity contribution in [1.29, 1.82) is 0 Å². The van der Waals surface area contributed by atoms with Gasteiger partial charge in [0.05, 0.1) is 0 Å². The summed E-state index contributed by atoms with van der Waals surface area (Å²) in [4.78, 5) is 26.3. The molecule has 1 aliphatic heterocycles. The van der Waals surface area contributed by atoms with Crippen LogP contribution in [0.3, 0.4) is 0 Å². The highest BCUT2D eigenvalue weighted by Crippen LogP contribution is 2.25. The first-order valence-electron chi connectivity index (χ1n) is 12.1. The standard InChI is InChI=1S/C26H25FN2O4.C3H8/c1-16-12-21(27)10-11-22(16)18-8-6-17(7-9-18)13-28-25(32)23(30)24(31)26(33)29-14-19-4-2-3-5-20(19)15-29;1-3-2/h2-12,23-24,30-31H,13-15H2,1H3,(H,28,32);3H2,1-2H3. The highest BCUT2D eigenvalue weighted by Gasteiger charge is 2.35. The molecule has 190 valence electrons. The fourth-order valence-electron chi connectivity index (χ4n) is 4.00. The molecule has 1 heterocycles. The lowest BCUT2D eigenvalue weighted by Crippen LogP contribution is -2.49. The van der Waals surface area contributed by atoms with E-state index in [1.165, 1.54) is 23.5 Å². The van der Waals surface area contributed by atoms with Crippen LogP contribution >= 0.6 is 0 Å². The Kier molecular flexibility index (Phi) is 9.33. The fourth-order valence-corrected chi connectivity index (χ4v) is 4.00. The molecule has 3 aromatic rings. The zero-order valence-electron chi connectivity index (χ0n) is 20.9. The molecule has 2 unspecified atom stereocenters. The smallest absolute Gasteiger partial charge is 0.255 e. The summed E-state index contributed by atoms with van der Waals surface area (Å²) in [5.41, 5.74) is 5.38. The van der Waals surface area contributed by atoms with Gasteiger partial charge in [-0.05, 0) is 52.4 Å². The van der Waals surface area contributed by atoms with E-state index in [-0.39, 0.29) is 12.4 Å². The van der Waals surface area contributed by atoms with Crippen LogP contribution in [0.1, 0.15) is 42.5 Å². The van der Waals surface area contributed by atoms with Crippen LogP contribution in [0.5, 0.6) is 0 Å². The number of carbonyl (C=O) groups is 2. The van der Waals surface area contributed by atoms with Gasteiger partial charge in [0, 0.05) is 19.6 Å². The number of rotatable bonds is 6. The third kappa shape index (κ3) is 6.56. The summed E-state index contributed by atoms with van der Waals surface area (Å²) in [5, 5.41) is 23.0. The zero-order valence-corrected chi connectivity index (χ0v) is 20.9. The van der Waals surface area contributed by atoms with Gasteiger partial charge in [-0.15, -0.1) is 0 Å². The van der Waals surface area contributed by atoms with E-state index in [0.717, 1.165) is 33.4 Å². The van der Waals surface area contributed by atoms with Crippen LogP contribution in [0.25, 0.3) is 11.1 Å². The van der Waals surface area contributed by atoms with Crippen LogP contribution in [0.4, 0.5) is 4.39 Å². The predicted molar refractivity (Wildman–Crippen MR) is 137 cm³/mol. The Balaban J connectivity index is 0.00000115. The Hall–Kier alpha value is -3.55. The molecule has 4 rings (SSSR count). The van der Waals surface area contributed by atoms with E-state index in [2.05, 4.69) is 19.2 Å². The summed E-state index contributed by atoms with van der Waals surface area (Å²) in [6.07, 6.45) is -2.47. The first-order valence-corrected chi connectivity index (χ1v) is 12.1. The van der Waals surface area contributed by atoms with Crippen LogP contribution < -0.4 is 5.32 Å². The van der Waals surface area contributed by atoms with Crippen LogP contribution in [0.2, 0.25) is 0 Å². The monoisotopic (exact) mass is 492 g/mol. The number of carbonyl (C=O) groups excluding carboxylic acids is 2. The number of fused-ring (bicyclic) bond motifs is 1. The number of aryl methyl sites for hydroxylation is 1. The van der Waals surface area contributed by atoms with E-state index < -0.39 is 24.0 Å². The molecule has 0 spiro atoms. The van der Waals surface area contributed by atoms with Crippen molar-refractivity contribution >= 4 is 11.8 Å². The summed E-state index contributed by atoms with van der Waals surface area (Å²) in [5.74, 6) is -1.80. The van der Waals surface area contributed by atoms with Crippen molar-refractivity contribution < 1.29 is 24.2 Å². The van der Waals surface area contributed by atoms with Gasteiger partial charge >= 0.3 is 0 Å². The first kappa shape index (κ1) is 27.0. The second-order valence-corrected chi connectivity index (χ2v) is 8.93. The van der Waals surface area contributed by atoms with Gasteiger partial charge in [-0.2, -0.15) is 0 Å². The quantitative estimate of drug-likeness (QED) is 0.483. The molecule has 1 aliphatic rings. The molecule has 36 heavy (non-hydrogen) atoms. The van der Waals surface area contributed by atoms with Gasteiger partial charge in [-0.1, -0.05) is 74.9 Å². The van der Waals surface area contributed by atoms with Crippen molar-refractivity contribution in [3.05, 3.63) is 94.8 Å². The second-order valence-electron chi connectivity index (χ2n) is 8.93. The Morgan fingerprint density at radius 1 is 0.944 bits per heavy atom. The molecule has 0 fully saturated rings. The molecule has 0 aromatic heterocycles. The first-order chi connectivity index (χ1) is 17.2. The van der Waals surface area contributed by atoms with Crippen molar-refractivity contribution in [2.75, 3.05) is 0 Å². The summed E-state index contributed by atoms with van der Waals surface area (Å²) >= 11 is 0. The van der Waals surface area contributed by atoms with E-state index in [1.807, 2.05) is 55.5 Å². The number of hydrogen-bond donors (Lipinski definition) is 3. The minimum Gasteiger partial charge on any atom is -0.380 e. The number of aliphatic hydroxyl groups excluding tert-OH is 2. The average molecular weight is 493 g/mol. The second kappa shape index (κ2) is 12.4. The zero-order chi connectivity index (χ0) is 26.2. The maximum absolute atomic E-state index is 13.3. The Labute approximate surface area is 211 Å². The molecule has 6 nitrogen and oxygen atoms in total. The molecule has 3 aromatic carbocycles. The molecule has 7 heteroatoms. The summed E-state index contributed by atoms with van der Waals surface area (Å²) < 4.78 is 13.3. The van der Waals surface area contributed by atoms with E-state index in [1.54, 1.807) is 6.07 Å². The lowest BCUT2D eigenvalue weighted by molar-refractivity contribution is -0.153. The number of benzene rings is 3. The molecule has 0 saturated heterocycles. The van der Waals surface area contributed by atoms with Crippen LogP contribution in [-0.2, 0) is 29.2 Å². The number of halogens is 1. The minimum absolute atomic E-state index is 0.120. The molecule has 0 aliphatic carbocycles. The third-order valence-corrected chi connectivity index (χ3v) is 5.89. The summed E-state index contributed by atoms with van der Waals surface area (Å²) in [7, 11) is 0. The predicted octanol–water partition coefficient (Wildman–Crippen LogP) is 4.10. The number of amides is 2. The number of aliphatic hydroxyl groups is 2. The van der Waals surface area contributed by atoms with E-state index >= 15 is 0 Å². The van der Waals surface area contributed by atoms with Gasteiger partial charge < -0.3 is 20.4 Å². The topological polar surface area (TPSA) is 89.9 Å². The highest BCUT2D eigenvalue weighted by molar-refractivity contribution is 5.91. The van der Waals surface area contributed by atoms with Crippen LogP contribution in [0, 0.1) is 12.7 Å². The Morgan fingerprint density at radius 3 is 2.08 bits per heavy atom. The number of hydrogen-bond acceptors (Lipinski definition) is 4.